The normalized spacial score (nSPS) is 21.2. The molecule has 0 bridgehead atoms. The lowest BCUT2D eigenvalue weighted by Gasteiger charge is -2.44. The second kappa shape index (κ2) is 8.10. The Morgan fingerprint density at radius 3 is 2.25 bits per heavy atom. The molecule has 2 N–H and O–H groups in total. The van der Waals surface area contributed by atoms with E-state index in [1.165, 1.54) is 22.3 Å². The van der Waals surface area contributed by atoms with Crippen LogP contribution in [-0.2, 0) is 19.3 Å². The van der Waals surface area contributed by atoms with Gasteiger partial charge in [-0.25, -0.2) is 0 Å². The summed E-state index contributed by atoms with van der Waals surface area (Å²) in [7, 11) is 1.76. The third kappa shape index (κ3) is 3.74. The van der Waals surface area contributed by atoms with E-state index in [0.29, 0.717) is 0 Å². The Balaban J connectivity index is 1.81. The van der Waals surface area contributed by atoms with Gasteiger partial charge in [-0.1, -0.05) is 76.6 Å². The van der Waals surface area contributed by atoms with Gasteiger partial charge in [-0.2, -0.15) is 0 Å². The largest absolute Gasteiger partial charge is 0.496 e. The van der Waals surface area contributed by atoms with Crippen LogP contribution in [0.3, 0.4) is 0 Å². The fourth-order valence-electron chi connectivity index (χ4n) is 4.59. The highest BCUT2D eigenvalue weighted by atomic mass is 79.9. The topological polar surface area (TPSA) is 35.2 Å². The lowest BCUT2D eigenvalue weighted by molar-refractivity contribution is 0.285. The highest BCUT2D eigenvalue weighted by molar-refractivity contribution is 9.10. The van der Waals surface area contributed by atoms with Crippen LogP contribution >= 0.6 is 15.9 Å². The lowest BCUT2D eigenvalue weighted by Crippen LogP contribution is -2.51. The number of nitrogens with two attached hydrogens (primary N) is 1. The van der Waals surface area contributed by atoms with Gasteiger partial charge in [0, 0.05) is 21.5 Å². The Kier molecular flexibility index (Phi) is 5.56. The van der Waals surface area contributed by atoms with Crippen molar-refractivity contribution in [3.8, 4) is 5.75 Å². The summed E-state index contributed by atoms with van der Waals surface area (Å²) < 4.78 is 6.96. The number of ether oxygens (including phenoxy) is 1. The summed E-state index contributed by atoms with van der Waals surface area (Å²) in [5, 5.41) is 0. The number of benzene rings is 3. The van der Waals surface area contributed by atoms with Crippen molar-refractivity contribution in [2.45, 2.75) is 37.1 Å². The van der Waals surface area contributed by atoms with E-state index < -0.39 is 0 Å². The average Bonchev–Trinajstić information content (AvgIpc) is 2.72. The van der Waals surface area contributed by atoms with E-state index in [9.17, 15) is 0 Å². The number of halogens is 1. The van der Waals surface area contributed by atoms with Gasteiger partial charge >= 0.3 is 0 Å². The fourth-order valence-corrected chi connectivity index (χ4v) is 5.14. The van der Waals surface area contributed by atoms with E-state index in [2.05, 4.69) is 88.7 Å². The molecule has 0 radical (unpaired) electrons. The van der Waals surface area contributed by atoms with Gasteiger partial charge in [-0.05, 0) is 54.5 Å². The summed E-state index contributed by atoms with van der Waals surface area (Å²) in [6, 6.07) is 25.4. The molecule has 0 saturated carbocycles. The molecule has 0 heterocycles. The van der Waals surface area contributed by atoms with Crippen LogP contribution in [0.5, 0.6) is 5.75 Å². The minimum Gasteiger partial charge on any atom is -0.496 e. The Labute approximate surface area is 175 Å². The van der Waals surface area contributed by atoms with Gasteiger partial charge < -0.3 is 10.5 Å². The monoisotopic (exact) mass is 435 g/mol. The molecule has 2 unspecified atom stereocenters. The number of rotatable bonds is 5. The third-order valence-corrected chi connectivity index (χ3v) is 6.76. The van der Waals surface area contributed by atoms with Crippen molar-refractivity contribution >= 4 is 15.9 Å². The first kappa shape index (κ1) is 19.2. The van der Waals surface area contributed by atoms with Crippen molar-refractivity contribution in [2.75, 3.05) is 7.11 Å². The van der Waals surface area contributed by atoms with Crippen molar-refractivity contribution in [1.82, 2.24) is 0 Å². The van der Waals surface area contributed by atoms with Crippen LogP contribution in [0.2, 0.25) is 0 Å². The van der Waals surface area contributed by atoms with E-state index in [-0.39, 0.29) is 11.5 Å². The molecule has 3 aromatic rings. The van der Waals surface area contributed by atoms with E-state index in [4.69, 9.17) is 10.5 Å². The predicted octanol–water partition coefficient (Wildman–Crippen LogP) is 5.67. The molecule has 0 aliphatic heterocycles. The Hall–Kier alpha value is -2.10. The van der Waals surface area contributed by atoms with Crippen LogP contribution in [0.25, 0.3) is 0 Å². The van der Waals surface area contributed by atoms with Crippen LogP contribution in [0.15, 0.2) is 77.3 Å². The van der Waals surface area contributed by atoms with Gasteiger partial charge in [0.25, 0.3) is 0 Å². The predicted molar refractivity (Wildman–Crippen MR) is 119 cm³/mol. The van der Waals surface area contributed by atoms with E-state index in [0.717, 1.165) is 35.9 Å². The fraction of sp³-hybridized carbons (Fsp3) is 0.280. The van der Waals surface area contributed by atoms with Crippen molar-refractivity contribution in [2.24, 2.45) is 5.73 Å². The Morgan fingerprint density at radius 1 is 0.964 bits per heavy atom. The molecule has 0 amide bonds. The zero-order valence-corrected chi connectivity index (χ0v) is 17.8. The number of methoxy groups -OCH3 is 1. The molecule has 144 valence electrons. The molecule has 0 aromatic heterocycles. The molecule has 3 aromatic carbocycles. The van der Waals surface area contributed by atoms with Crippen molar-refractivity contribution in [3.05, 3.63) is 99.5 Å². The summed E-state index contributed by atoms with van der Waals surface area (Å²) in [5.74, 6) is 1.13. The first-order valence-electron chi connectivity index (χ1n) is 9.83. The van der Waals surface area contributed by atoms with Crippen molar-refractivity contribution in [1.29, 1.82) is 0 Å². The smallest absolute Gasteiger partial charge is 0.122 e. The minimum absolute atomic E-state index is 0.186. The van der Waals surface area contributed by atoms with E-state index in [1.807, 2.05) is 0 Å². The zero-order valence-electron chi connectivity index (χ0n) is 16.2. The first-order valence-corrected chi connectivity index (χ1v) is 10.6. The van der Waals surface area contributed by atoms with Gasteiger partial charge in [0.05, 0.1) is 7.11 Å². The van der Waals surface area contributed by atoms with Gasteiger partial charge in [0.2, 0.25) is 0 Å². The first-order chi connectivity index (χ1) is 13.6. The molecule has 2 atom stereocenters. The SMILES string of the molecule is COc1ccc(Br)c2c1C(Cc1ccccc1)C(N)(Cc1ccccc1)CC2. The molecular weight excluding hydrogens is 410 g/mol. The highest BCUT2D eigenvalue weighted by Crippen LogP contribution is 2.47. The van der Waals surface area contributed by atoms with Crippen LogP contribution in [0.1, 0.15) is 34.6 Å². The Bertz CT molecular complexity index is 942. The van der Waals surface area contributed by atoms with Gasteiger partial charge in [0.1, 0.15) is 5.75 Å². The highest BCUT2D eigenvalue weighted by Gasteiger charge is 2.42. The molecule has 28 heavy (non-hydrogen) atoms. The summed E-state index contributed by atoms with van der Waals surface area (Å²) >= 11 is 3.77. The second-order valence-electron chi connectivity index (χ2n) is 7.78. The zero-order chi connectivity index (χ0) is 19.6. The van der Waals surface area contributed by atoms with Crippen LogP contribution in [0.4, 0.5) is 0 Å². The van der Waals surface area contributed by atoms with Crippen molar-refractivity contribution < 1.29 is 4.74 Å². The maximum absolute atomic E-state index is 7.20. The molecule has 1 aliphatic carbocycles. The molecule has 0 spiro atoms. The summed E-state index contributed by atoms with van der Waals surface area (Å²) in [5.41, 5.74) is 12.1. The molecule has 1 aliphatic rings. The van der Waals surface area contributed by atoms with Gasteiger partial charge in [-0.15, -0.1) is 0 Å². The van der Waals surface area contributed by atoms with Gasteiger partial charge in [0.15, 0.2) is 0 Å². The van der Waals surface area contributed by atoms with Crippen LogP contribution in [0, 0.1) is 0 Å². The van der Waals surface area contributed by atoms with Crippen LogP contribution in [-0.4, -0.2) is 12.6 Å². The molecule has 0 fully saturated rings. The molecular formula is C25H26BrNO. The minimum atomic E-state index is -0.321. The standard InChI is InChI=1S/C25H26BrNO/c1-28-23-13-12-22(26)20-14-15-25(27,17-19-10-6-3-7-11-19)21(24(20)23)16-18-8-4-2-5-9-18/h2-13,21H,14-17,27H2,1H3. The lowest BCUT2D eigenvalue weighted by atomic mass is 9.65. The van der Waals surface area contributed by atoms with Gasteiger partial charge in [-0.3, -0.25) is 0 Å². The second-order valence-corrected chi connectivity index (χ2v) is 8.63. The molecule has 4 rings (SSSR count). The number of hydrogen-bond donors (Lipinski definition) is 1. The van der Waals surface area contributed by atoms with Crippen LogP contribution < -0.4 is 10.5 Å². The van der Waals surface area contributed by atoms with E-state index >= 15 is 0 Å². The van der Waals surface area contributed by atoms with E-state index in [1.54, 1.807) is 7.11 Å². The quantitative estimate of drug-likeness (QED) is 0.559. The van der Waals surface area contributed by atoms with Crippen molar-refractivity contribution in [3.63, 3.8) is 0 Å². The molecule has 0 saturated heterocycles. The maximum atomic E-state index is 7.20. The molecule has 3 heteroatoms. The summed E-state index contributed by atoms with van der Waals surface area (Å²) in [6.07, 6.45) is 3.68. The Morgan fingerprint density at radius 2 is 1.61 bits per heavy atom. The summed E-state index contributed by atoms with van der Waals surface area (Å²) in [4.78, 5) is 0. The number of fused-ring (bicyclic) bond motifs is 1. The summed E-state index contributed by atoms with van der Waals surface area (Å²) in [6.45, 7) is 0. The number of hydrogen-bond acceptors (Lipinski definition) is 2. The third-order valence-electron chi connectivity index (χ3n) is 6.02. The molecule has 2 nitrogen and oxygen atoms in total. The average molecular weight is 436 g/mol. The maximum Gasteiger partial charge on any atom is 0.122 e.